The summed E-state index contributed by atoms with van der Waals surface area (Å²) in [6.07, 6.45) is 1.59. The van der Waals surface area contributed by atoms with Crippen LogP contribution in [0.3, 0.4) is 0 Å². The van der Waals surface area contributed by atoms with Crippen molar-refractivity contribution >= 4 is 29.7 Å². The van der Waals surface area contributed by atoms with Crippen LogP contribution in [0.5, 0.6) is 0 Å². The number of aromatic carboxylic acids is 1. The first-order valence-corrected chi connectivity index (χ1v) is 9.59. The minimum Gasteiger partial charge on any atom is -0.478 e. The molecule has 0 spiro atoms. The van der Waals surface area contributed by atoms with Crippen LogP contribution in [0.4, 0.5) is 0 Å². The summed E-state index contributed by atoms with van der Waals surface area (Å²) >= 11 is 5.97. The number of aromatic nitrogens is 1. The van der Waals surface area contributed by atoms with E-state index in [1.807, 2.05) is 29.4 Å². The second kappa shape index (κ2) is 9.21. The van der Waals surface area contributed by atoms with E-state index >= 15 is 0 Å². The third-order valence-electron chi connectivity index (χ3n) is 4.77. The Bertz CT molecular complexity index is 948. The van der Waals surface area contributed by atoms with Crippen LogP contribution in [0.25, 0.3) is 5.69 Å². The average molecular weight is 419 g/mol. The summed E-state index contributed by atoms with van der Waals surface area (Å²) in [5.74, 6) is -1.26. The Morgan fingerprint density at radius 2 is 2.00 bits per heavy atom. The Kier molecular flexibility index (Phi) is 6.68. The molecular weight excluding hydrogens is 396 g/mol. The zero-order valence-electron chi connectivity index (χ0n) is 16.3. The summed E-state index contributed by atoms with van der Waals surface area (Å²) in [6, 6.07) is 6.79. The Balaban J connectivity index is 1.72. The average Bonchev–Trinajstić information content (AvgIpc) is 2.96. The van der Waals surface area contributed by atoms with Crippen molar-refractivity contribution in [2.24, 2.45) is 5.10 Å². The number of aryl methyl sites for hydroxylation is 1. The van der Waals surface area contributed by atoms with E-state index in [1.165, 1.54) is 6.07 Å². The van der Waals surface area contributed by atoms with Crippen LogP contribution in [0.2, 0.25) is 5.02 Å². The van der Waals surface area contributed by atoms with Gasteiger partial charge in [-0.2, -0.15) is 5.10 Å². The zero-order chi connectivity index (χ0) is 21.0. The van der Waals surface area contributed by atoms with Gasteiger partial charge in [-0.15, -0.1) is 0 Å². The quantitative estimate of drug-likeness (QED) is 0.554. The topological polar surface area (TPSA) is 96.2 Å². The monoisotopic (exact) mass is 418 g/mol. The fourth-order valence-corrected chi connectivity index (χ4v) is 3.50. The zero-order valence-corrected chi connectivity index (χ0v) is 17.1. The van der Waals surface area contributed by atoms with Gasteiger partial charge in [-0.1, -0.05) is 11.6 Å². The maximum atomic E-state index is 12.0. The number of hydrogen-bond donors (Lipinski definition) is 2. The van der Waals surface area contributed by atoms with E-state index in [0.29, 0.717) is 18.9 Å². The van der Waals surface area contributed by atoms with Crippen molar-refractivity contribution in [1.29, 1.82) is 0 Å². The number of hydrazone groups is 1. The molecular formula is C20H23ClN4O4. The van der Waals surface area contributed by atoms with Crippen molar-refractivity contribution in [2.45, 2.75) is 13.8 Å². The number of rotatable bonds is 6. The molecule has 0 saturated carbocycles. The first kappa shape index (κ1) is 21.0. The number of hydrogen-bond acceptors (Lipinski definition) is 5. The molecule has 0 unspecified atom stereocenters. The largest absolute Gasteiger partial charge is 0.478 e. The lowest BCUT2D eigenvalue weighted by Gasteiger charge is -2.25. The van der Waals surface area contributed by atoms with E-state index in [1.54, 1.807) is 18.3 Å². The van der Waals surface area contributed by atoms with Crippen LogP contribution < -0.4 is 5.43 Å². The van der Waals surface area contributed by atoms with Gasteiger partial charge in [-0.25, -0.2) is 10.2 Å². The van der Waals surface area contributed by atoms with Gasteiger partial charge in [0.05, 0.1) is 36.6 Å². The number of carboxylic acids is 1. The summed E-state index contributed by atoms with van der Waals surface area (Å²) in [5.41, 5.74) is 5.88. The lowest BCUT2D eigenvalue weighted by molar-refractivity contribution is -0.123. The van der Waals surface area contributed by atoms with Gasteiger partial charge in [0.2, 0.25) is 0 Å². The molecule has 1 aliphatic heterocycles. The molecule has 3 rings (SSSR count). The maximum Gasteiger partial charge on any atom is 0.337 e. The van der Waals surface area contributed by atoms with E-state index < -0.39 is 5.97 Å². The van der Waals surface area contributed by atoms with Gasteiger partial charge in [0, 0.05) is 35.7 Å². The molecule has 9 heteroatoms. The predicted octanol–water partition coefficient (Wildman–Crippen LogP) is 2.23. The van der Waals surface area contributed by atoms with Crippen LogP contribution in [0, 0.1) is 13.8 Å². The number of ether oxygens (including phenoxy) is 1. The lowest BCUT2D eigenvalue weighted by atomic mass is 10.2. The molecule has 2 N–H and O–H groups in total. The van der Waals surface area contributed by atoms with Gasteiger partial charge in [0.15, 0.2) is 0 Å². The number of carbonyl (C=O) groups is 2. The standard InChI is InChI=1S/C20H23ClN4O4/c1-13-9-15(11-22-23-19(26)12-24-5-7-29-8-6-24)14(2)25(13)16-3-4-18(21)17(10-16)20(27)28/h3-4,9-11H,5-8,12H2,1-2H3,(H,23,26)(H,27,28)/b22-11-. The number of benzene rings is 1. The summed E-state index contributed by atoms with van der Waals surface area (Å²) in [6.45, 7) is 6.83. The van der Waals surface area contributed by atoms with Crippen molar-refractivity contribution in [3.8, 4) is 5.69 Å². The van der Waals surface area contributed by atoms with Crippen LogP contribution in [0.15, 0.2) is 29.4 Å². The molecule has 1 fully saturated rings. The van der Waals surface area contributed by atoms with Gasteiger partial charge in [-0.3, -0.25) is 9.69 Å². The third kappa shape index (κ3) is 5.03. The number of amides is 1. The summed E-state index contributed by atoms with van der Waals surface area (Å²) in [5, 5.41) is 13.6. The van der Waals surface area contributed by atoms with E-state index in [9.17, 15) is 14.7 Å². The van der Waals surface area contributed by atoms with Crippen molar-refractivity contribution in [3.05, 3.63) is 51.8 Å². The fraction of sp³-hybridized carbons (Fsp3) is 0.350. The molecule has 1 aromatic heterocycles. The molecule has 0 bridgehead atoms. The Labute approximate surface area is 173 Å². The van der Waals surface area contributed by atoms with E-state index in [-0.39, 0.29) is 23.0 Å². The number of carbonyl (C=O) groups excluding carboxylic acids is 1. The molecule has 2 aromatic rings. The number of halogens is 1. The minimum absolute atomic E-state index is 0.0438. The third-order valence-corrected chi connectivity index (χ3v) is 5.10. The highest BCUT2D eigenvalue weighted by molar-refractivity contribution is 6.33. The molecule has 0 radical (unpaired) electrons. The van der Waals surface area contributed by atoms with Gasteiger partial charge in [0.25, 0.3) is 5.91 Å². The second-order valence-electron chi connectivity index (χ2n) is 6.81. The first-order valence-electron chi connectivity index (χ1n) is 9.21. The molecule has 8 nitrogen and oxygen atoms in total. The molecule has 29 heavy (non-hydrogen) atoms. The van der Waals surface area contributed by atoms with Gasteiger partial charge >= 0.3 is 5.97 Å². The van der Waals surface area contributed by atoms with Crippen molar-refractivity contribution in [1.82, 2.24) is 14.9 Å². The highest BCUT2D eigenvalue weighted by Gasteiger charge is 2.15. The molecule has 2 heterocycles. The maximum absolute atomic E-state index is 12.0. The van der Waals surface area contributed by atoms with Crippen LogP contribution in [-0.2, 0) is 9.53 Å². The fourth-order valence-electron chi connectivity index (χ4n) is 3.30. The number of nitrogens with one attached hydrogen (secondary N) is 1. The molecule has 1 saturated heterocycles. The Hall–Kier alpha value is -2.68. The van der Waals surface area contributed by atoms with Gasteiger partial charge < -0.3 is 14.4 Å². The van der Waals surface area contributed by atoms with Crippen LogP contribution in [-0.4, -0.2) is 65.5 Å². The summed E-state index contributed by atoms with van der Waals surface area (Å²) < 4.78 is 7.18. The first-order chi connectivity index (χ1) is 13.9. The van der Waals surface area contributed by atoms with Crippen molar-refractivity contribution in [2.75, 3.05) is 32.8 Å². The highest BCUT2D eigenvalue weighted by Crippen LogP contribution is 2.24. The Morgan fingerprint density at radius 3 is 2.69 bits per heavy atom. The summed E-state index contributed by atoms with van der Waals surface area (Å²) in [4.78, 5) is 25.4. The summed E-state index contributed by atoms with van der Waals surface area (Å²) in [7, 11) is 0. The van der Waals surface area contributed by atoms with Crippen LogP contribution >= 0.6 is 11.6 Å². The van der Waals surface area contributed by atoms with Crippen molar-refractivity contribution in [3.63, 3.8) is 0 Å². The molecule has 0 aliphatic carbocycles. The van der Waals surface area contributed by atoms with Gasteiger partial charge in [-0.05, 0) is 38.1 Å². The SMILES string of the molecule is Cc1cc(/C=N\NC(=O)CN2CCOCC2)c(C)n1-c1ccc(Cl)c(C(=O)O)c1. The molecule has 1 aromatic carbocycles. The normalized spacial score (nSPS) is 15.0. The molecule has 154 valence electrons. The minimum atomic E-state index is -1.08. The highest BCUT2D eigenvalue weighted by atomic mass is 35.5. The van der Waals surface area contributed by atoms with Crippen LogP contribution in [0.1, 0.15) is 27.3 Å². The molecule has 1 amide bonds. The van der Waals surface area contributed by atoms with E-state index in [2.05, 4.69) is 10.5 Å². The lowest BCUT2D eigenvalue weighted by Crippen LogP contribution is -2.42. The number of morpholine rings is 1. The van der Waals surface area contributed by atoms with E-state index in [4.69, 9.17) is 16.3 Å². The molecule has 0 atom stereocenters. The smallest absolute Gasteiger partial charge is 0.337 e. The number of nitrogens with zero attached hydrogens (tertiary/aromatic N) is 3. The molecule has 1 aliphatic rings. The van der Waals surface area contributed by atoms with Crippen molar-refractivity contribution < 1.29 is 19.4 Å². The number of carboxylic acid groups (broad SMARTS) is 1. The van der Waals surface area contributed by atoms with Gasteiger partial charge in [0.1, 0.15) is 0 Å². The Morgan fingerprint density at radius 1 is 1.28 bits per heavy atom. The second-order valence-corrected chi connectivity index (χ2v) is 7.22. The predicted molar refractivity (Wildman–Crippen MR) is 110 cm³/mol. The van der Waals surface area contributed by atoms with E-state index in [0.717, 1.165) is 30.0 Å².